The van der Waals surface area contributed by atoms with Crippen molar-refractivity contribution in [3.8, 4) is 0 Å². The standard InChI is InChI=1S/C9H16O4/c1-3-4-5-7(6-8(10)11)9(12)13-2/h7H,3-6H2,1-2H3,(H,10,11)/t7-/m1/s1. The highest BCUT2D eigenvalue weighted by Gasteiger charge is 2.21. The fourth-order valence-electron chi connectivity index (χ4n) is 1.13. The molecule has 0 radical (unpaired) electrons. The lowest BCUT2D eigenvalue weighted by molar-refractivity contribution is -0.151. The molecule has 0 aromatic rings. The summed E-state index contributed by atoms with van der Waals surface area (Å²) in [6.07, 6.45) is 2.27. The fraction of sp³-hybridized carbons (Fsp3) is 0.778. The van der Waals surface area contributed by atoms with Gasteiger partial charge in [-0.05, 0) is 6.42 Å². The van der Waals surface area contributed by atoms with Crippen LogP contribution in [0.4, 0.5) is 0 Å². The maximum absolute atomic E-state index is 11.1. The Morgan fingerprint density at radius 3 is 2.46 bits per heavy atom. The topological polar surface area (TPSA) is 63.6 Å². The maximum atomic E-state index is 11.1. The molecular weight excluding hydrogens is 172 g/mol. The van der Waals surface area contributed by atoms with E-state index >= 15 is 0 Å². The number of hydrogen-bond acceptors (Lipinski definition) is 3. The minimum Gasteiger partial charge on any atom is -0.481 e. The number of carbonyl (C=O) groups excluding carboxylic acids is 1. The van der Waals surface area contributed by atoms with Crippen molar-refractivity contribution >= 4 is 11.9 Å². The average molecular weight is 188 g/mol. The van der Waals surface area contributed by atoms with E-state index in [1.807, 2.05) is 6.92 Å². The summed E-state index contributed by atoms with van der Waals surface area (Å²) in [6.45, 7) is 2.00. The van der Waals surface area contributed by atoms with Crippen molar-refractivity contribution in [2.45, 2.75) is 32.6 Å². The molecule has 1 atom stereocenters. The van der Waals surface area contributed by atoms with E-state index in [0.717, 1.165) is 12.8 Å². The SMILES string of the molecule is CCCC[C@H](CC(=O)O)C(=O)OC. The Balaban J connectivity index is 4.02. The number of aliphatic carboxylic acids is 1. The van der Waals surface area contributed by atoms with Gasteiger partial charge in [0.15, 0.2) is 0 Å². The highest BCUT2D eigenvalue weighted by Crippen LogP contribution is 2.14. The number of carboxylic acids is 1. The summed E-state index contributed by atoms with van der Waals surface area (Å²) in [5.74, 6) is -1.86. The third-order valence-corrected chi connectivity index (χ3v) is 1.86. The second-order valence-corrected chi connectivity index (χ2v) is 2.96. The molecule has 0 spiro atoms. The number of rotatable bonds is 6. The second-order valence-electron chi connectivity index (χ2n) is 2.96. The van der Waals surface area contributed by atoms with E-state index in [4.69, 9.17) is 5.11 Å². The van der Waals surface area contributed by atoms with Gasteiger partial charge in [0, 0.05) is 0 Å². The van der Waals surface area contributed by atoms with E-state index in [0.29, 0.717) is 6.42 Å². The van der Waals surface area contributed by atoms with Crippen LogP contribution in [0, 0.1) is 5.92 Å². The fourth-order valence-corrected chi connectivity index (χ4v) is 1.13. The van der Waals surface area contributed by atoms with Gasteiger partial charge in [-0.25, -0.2) is 0 Å². The average Bonchev–Trinajstić information content (AvgIpc) is 2.10. The van der Waals surface area contributed by atoms with Crippen LogP contribution >= 0.6 is 0 Å². The predicted octanol–water partition coefficient (Wildman–Crippen LogP) is 1.44. The monoisotopic (exact) mass is 188 g/mol. The molecule has 0 amide bonds. The van der Waals surface area contributed by atoms with E-state index in [9.17, 15) is 9.59 Å². The molecule has 76 valence electrons. The Kier molecular flexibility index (Phi) is 5.93. The molecule has 4 nitrogen and oxygen atoms in total. The van der Waals surface area contributed by atoms with Crippen molar-refractivity contribution in [1.29, 1.82) is 0 Å². The zero-order chi connectivity index (χ0) is 10.3. The Bertz CT molecular complexity index is 176. The smallest absolute Gasteiger partial charge is 0.309 e. The first-order chi connectivity index (χ1) is 6.11. The van der Waals surface area contributed by atoms with Crippen molar-refractivity contribution in [2.24, 2.45) is 5.92 Å². The lowest BCUT2D eigenvalue weighted by Gasteiger charge is -2.10. The molecule has 13 heavy (non-hydrogen) atoms. The lowest BCUT2D eigenvalue weighted by atomic mass is 9.99. The van der Waals surface area contributed by atoms with Gasteiger partial charge in [0.25, 0.3) is 0 Å². The van der Waals surface area contributed by atoms with E-state index in [2.05, 4.69) is 4.74 Å². The predicted molar refractivity (Wildman–Crippen MR) is 47.3 cm³/mol. The van der Waals surface area contributed by atoms with E-state index in [-0.39, 0.29) is 6.42 Å². The Morgan fingerprint density at radius 2 is 2.08 bits per heavy atom. The molecule has 0 aliphatic heterocycles. The molecule has 0 bridgehead atoms. The van der Waals surface area contributed by atoms with E-state index < -0.39 is 17.9 Å². The van der Waals surface area contributed by atoms with Crippen LogP contribution < -0.4 is 0 Å². The van der Waals surface area contributed by atoms with Gasteiger partial charge in [-0.1, -0.05) is 19.8 Å². The number of esters is 1. The molecular formula is C9H16O4. The van der Waals surface area contributed by atoms with Crippen LogP contribution in [-0.2, 0) is 14.3 Å². The summed E-state index contributed by atoms with van der Waals surface area (Å²) in [6, 6.07) is 0. The maximum Gasteiger partial charge on any atom is 0.309 e. The highest BCUT2D eigenvalue weighted by atomic mass is 16.5. The van der Waals surface area contributed by atoms with Crippen molar-refractivity contribution in [1.82, 2.24) is 0 Å². The van der Waals surface area contributed by atoms with Crippen LogP contribution in [0.2, 0.25) is 0 Å². The van der Waals surface area contributed by atoms with Gasteiger partial charge in [0.1, 0.15) is 0 Å². The Hall–Kier alpha value is -1.06. The lowest BCUT2D eigenvalue weighted by Crippen LogP contribution is -2.19. The highest BCUT2D eigenvalue weighted by molar-refractivity contribution is 5.78. The van der Waals surface area contributed by atoms with Gasteiger partial charge >= 0.3 is 11.9 Å². The van der Waals surface area contributed by atoms with Gasteiger partial charge in [-0.3, -0.25) is 9.59 Å². The largest absolute Gasteiger partial charge is 0.481 e. The van der Waals surface area contributed by atoms with Crippen LogP contribution in [0.1, 0.15) is 32.6 Å². The van der Waals surface area contributed by atoms with Gasteiger partial charge in [0.2, 0.25) is 0 Å². The summed E-state index contributed by atoms with van der Waals surface area (Å²) in [5.41, 5.74) is 0. The molecule has 0 aliphatic rings. The summed E-state index contributed by atoms with van der Waals surface area (Å²) in [5, 5.41) is 8.52. The number of ether oxygens (including phenoxy) is 1. The first-order valence-electron chi connectivity index (χ1n) is 4.41. The normalized spacial score (nSPS) is 12.2. The molecule has 0 heterocycles. The second kappa shape index (κ2) is 6.46. The van der Waals surface area contributed by atoms with Crippen LogP contribution in [0.5, 0.6) is 0 Å². The Labute approximate surface area is 77.9 Å². The molecule has 0 aliphatic carbocycles. The molecule has 0 unspecified atom stereocenters. The quantitative estimate of drug-likeness (QED) is 0.640. The van der Waals surface area contributed by atoms with E-state index in [1.54, 1.807) is 0 Å². The number of carboxylic acid groups (broad SMARTS) is 1. The van der Waals surface area contributed by atoms with Gasteiger partial charge in [0.05, 0.1) is 19.4 Å². The van der Waals surface area contributed by atoms with Gasteiger partial charge in [-0.15, -0.1) is 0 Å². The van der Waals surface area contributed by atoms with E-state index in [1.165, 1.54) is 7.11 Å². The first kappa shape index (κ1) is 11.9. The van der Waals surface area contributed by atoms with Crippen LogP contribution in [0.15, 0.2) is 0 Å². The Morgan fingerprint density at radius 1 is 1.46 bits per heavy atom. The summed E-state index contributed by atoms with van der Waals surface area (Å²) < 4.78 is 4.51. The zero-order valence-corrected chi connectivity index (χ0v) is 8.08. The van der Waals surface area contributed by atoms with Crippen LogP contribution in [0.25, 0.3) is 0 Å². The summed E-state index contributed by atoms with van der Waals surface area (Å²) in [7, 11) is 1.28. The molecule has 0 aromatic heterocycles. The summed E-state index contributed by atoms with van der Waals surface area (Å²) >= 11 is 0. The number of methoxy groups -OCH3 is 1. The van der Waals surface area contributed by atoms with Gasteiger partial charge < -0.3 is 9.84 Å². The molecule has 0 saturated heterocycles. The molecule has 0 aromatic carbocycles. The van der Waals surface area contributed by atoms with Crippen molar-refractivity contribution < 1.29 is 19.4 Å². The van der Waals surface area contributed by atoms with Crippen LogP contribution in [0.3, 0.4) is 0 Å². The minimum atomic E-state index is -0.952. The number of hydrogen-bond donors (Lipinski definition) is 1. The molecule has 1 N–H and O–H groups in total. The summed E-state index contributed by atoms with van der Waals surface area (Å²) in [4.78, 5) is 21.5. The zero-order valence-electron chi connectivity index (χ0n) is 8.08. The third-order valence-electron chi connectivity index (χ3n) is 1.86. The number of carbonyl (C=O) groups is 2. The first-order valence-corrected chi connectivity index (χ1v) is 4.41. The molecule has 0 saturated carbocycles. The van der Waals surface area contributed by atoms with Gasteiger partial charge in [-0.2, -0.15) is 0 Å². The van der Waals surface area contributed by atoms with Crippen molar-refractivity contribution in [3.05, 3.63) is 0 Å². The molecule has 4 heteroatoms. The minimum absolute atomic E-state index is 0.132. The number of unbranched alkanes of at least 4 members (excludes halogenated alkanes) is 1. The van der Waals surface area contributed by atoms with Crippen molar-refractivity contribution in [3.63, 3.8) is 0 Å². The van der Waals surface area contributed by atoms with Crippen molar-refractivity contribution in [2.75, 3.05) is 7.11 Å². The third kappa shape index (κ3) is 5.22. The molecule has 0 rings (SSSR count). The molecule has 0 fully saturated rings. The van der Waals surface area contributed by atoms with Crippen LogP contribution in [-0.4, -0.2) is 24.2 Å².